The summed E-state index contributed by atoms with van der Waals surface area (Å²) in [5.41, 5.74) is 1.04. The number of rotatable bonds is 8. The van der Waals surface area contributed by atoms with Gasteiger partial charge in [0.15, 0.2) is 5.96 Å². The van der Waals surface area contributed by atoms with Crippen molar-refractivity contribution in [2.75, 3.05) is 32.8 Å². The second kappa shape index (κ2) is 11.3. The van der Waals surface area contributed by atoms with Crippen molar-refractivity contribution in [3.05, 3.63) is 23.9 Å². The van der Waals surface area contributed by atoms with Gasteiger partial charge in [-0.05, 0) is 50.2 Å². The largest absolute Gasteiger partial charge is 0.477 e. The lowest BCUT2D eigenvalue weighted by Crippen LogP contribution is -2.44. The molecule has 0 atom stereocenters. The van der Waals surface area contributed by atoms with E-state index in [0.29, 0.717) is 24.3 Å². The molecule has 1 saturated heterocycles. The Bertz CT molecular complexity index is 630. The number of aliphatic imine (C=N–C) groups is 1. The van der Waals surface area contributed by atoms with Crippen molar-refractivity contribution in [2.24, 2.45) is 10.9 Å². The van der Waals surface area contributed by atoms with E-state index in [0.717, 1.165) is 44.6 Å². The summed E-state index contributed by atoms with van der Waals surface area (Å²) in [5, 5.41) is 6.31. The van der Waals surface area contributed by atoms with Crippen molar-refractivity contribution < 1.29 is 9.53 Å². The van der Waals surface area contributed by atoms with E-state index in [1.807, 2.05) is 24.0 Å². The zero-order valence-corrected chi connectivity index (χ0v) is 18.3. The molecule has 2 heterocycles. The average molecular weight is 487 g/mol. The molecule has 1 aliphatic heterocycles. The van der Waals surface area contributed by atoms with Crippen LogP contribution in [0.25, 0.3) is 0 Å². The molecule has 7 nitrogen and oxygen atoms in total. The Morgan fingerprint density at radius 2 is 2.11 bits per heavy atom. The van der Waals surface area contributed by atoms with Crippen LogP contribution in [0.15, 0.2) is 23.3 Å². The van der Waals surface area contributed by atoms with Gasteiger partial charge in [-0.2, -0.15) is 0 Å². The maximum Gasteiger partial charge on any atom is 0.241 e. The molecule has 1 aromatic heterocycles. The molecule has 1 aromatic rings. The van der Waals surface area contributed by atoms with Gasteiger partial charge in [0, 0.05) is 31.9 Å². The molecule has 1 amide bonds. The highest BCUT2D eigenvalue weighted by Gasteiger charge is 2.22. The highest BCUT2D eigenvalue weighted by Crippen LogP contribution is 2.29. The fourth-order valence-electron chi connectivity index (χ4n) is 2.87. The Morgan fingerprint density at radius 3 is 2.81 bits per heavy atom. The lowest BCUT2D eigenvalue weighted by atomic mass is 10.3. The van der Waals surface area contributed by atoms with E-state index in [4.69, 9.17) is 4.74 Å². The Kier molecular flexibility index (Phi) is 9.09. The van der Waals surface area contributed by atoms with Crippen molar-refractivity contribution in [1.29, 1.82) is 0 Å². The van der Waals surface area contributed by atoms with Crippen LogP contribution in [0, 0.1) is 5.92 Å². The third-order valence-electron chi connectivity index (χ3n) is 4.59. The van der Waals surface area contributed by atoms with E-state index in [9.17, 15) is 4.79 Å². The Hall–Kier alpha value is -1.58. The molecule has 1 aliphatic carbocycles. The number of carbonyl (C=O) groups is 1. The first-order valence-electron chi connectivity index (χ1n) is 9.62. The number of hydrogen-bond donors (Lipinski definition) is 2. The number of pyridine rings is 1. The van der Waals surface area contributed by atoms with Gasteiger partial charge in [0.1, 0.15) is 0 Å². The molecule has 2 aliphatic rings. The molecular formula is C19H30IN5O2. The number of guanidine groups is 1. The molecule has 2 fully saturated rings. The minimum absolute atomic E-state index is 0. The zero-order chi connectivity index (χ0) is 18.2. The quantitative estimate of drug-likeness (QED) is 0.334. The predicted octanol–water partition coefficient (Wildman–Crippen LogP) is 2.17. The second-order valence-electron chi connectivity index (χ2n) is 6.89. The van der Waals surface area contributed by atoms with E-state index < -0.39 is 0 Å². The van der Waals surface area contributed by atoms with Crippen LogP contribution >= 0.6 is 24.0 Å². The third kappa shape index (κ3) is 7.51. The number of ether oxygens (including phenoxy) is 1. The lowest BCUT2D eigenvalue weighted by molar-refractivity contribution is -0.128. The fourth-order valence-corrected chi connectivity index (χ4v) is 2.87. The normalized spacial score (nSPS) is 16.6. The van der Waals surface area contributed by atoms with E-state index in [-0.39, 0.29) is 36.4 Å². The summed E-state index contributed by atoms with van der Waals surface area (Å²) in [6.45, 7) is 6.03. The van der Waals surface area contributed by atoms with Gasteiger partial charge < -0.3 is 20.3 Å². The van der Waals surface area contributed by atoms with Crippen molar-refractivity contribution in [3.63, 3.8) is 0 Å². The Balaban J connectivity index is 0.00000261. The van der Waals surface area contributed by atoms with Crippen molar-refractivity contribution in [3.8, 4) is 5.88 Å². The predicted molar refractivity (Wildman–Crippen MR) is 117 cm³/mol. The van der Waals surface area contributed by atoms with Crippen molar-refractivity contribution in [1.82, 2.24) is 20.5 Å². The van der Waals surface area contributed by atoms with Gasteiger partial charge in [-0.1, -0.05) is 0 Å². The van der Waals surface area contributed by atoms with Crippen LogP contribution in [0.1, 0.15) is 38.2 Å². The van der Waals surface area contributed by atoms with Gasteiger partial charge >= 0.3 is 0 Å². The minimum atomic E-state index is 0. The van der Waals surface area contributed by atoms with Crippen LogP contribution in [0.5, 0.6) is 5.88 Å². The summed E-state index contributed by atoms with van der Waals surface area (Å²) < 4.78 is 5.72. The molecule has 1 saturated carbocycles. The van der Waals surface area contributed by atoms with Gasteiger partial charge in [-0.3, -0.25) is 4.79 Å². The molecule has 0 spiro atoms. The average Bonchev–Trinajstić information content (AvgIpc) is 3.33. The second-order valence-corrected chi connectivity index (χ2v) is 6.89. The topological polar surface area (TPSA) is 78.9 Å². The molecule has 3 rings (SSSR count). The molecule has 2 N–H and O–H groups in total. The Morgan fingerprint density at radius 1 is 1.33 bits per heavy atom. The van der Waals surface area contributed by atoms with Crippen LogP contribution in [-0.4, -0.2) is 54.5 Å². The molecular weight excluding hydrogens is 457 g/mol. The van der Waals surface area contributed by atoms with Gasteiger partial charge in [-0.15, -0.1) is 24.0 Å². The summed E-state index contributed by atoms with van der Waals surface area (Å²) in [6.07, 6.45) is 6.49. The van der Waals surface area contributed by atoms with E-state index in [2.05, 4.69) is 20.6 Å². The Labute approximate surface area is 178 Å². The van der Waals surface area contributed by atoms with Crippen LogP contribution in [-0.2, 0) is 11.3 Å². The molecule has 0 bridgehead atoms. The highest BCUT2D eigenvalue weighted by atomic mass is 127. The van der Waals surface area contributed by atoms with Gasteiger partial charge in [-0.25, -0.2) is 9.98 Å². The number of halogens is 1. The summed E-state index contributed by atoms with van der Waals surface area (Å²) in [4.78, 5) is 22.9. The standard InChI is InChI=1S/C19H29N5O2.HI/c1-2-20-19(23-13-18(25)24-9-3-4-10-24)22-12-16-7-8-21-17(11-16)26-14-15-5-6-15;/h7-8,11,15H,2-6,9-10,12-14H2,1H3,(H2,20,22,23);1H. The number of hydrogen-bond acceptors (Lipinski definition) is 4. The van der Waals surface area contributed by atoms with E-state index in [1.165, 1.54) is 12.8 Å². The van der Waals surface area contributed by atoms with Crippen LogP contribution < -0.4 is 15.4 Å². The summed E-state index contributed by atoms with van der Waals surface area (Å²) in [7, 11) is 0. The summed E-state index contributed by atoms with van der Waals surface area (Å²) in [6, 6.07) is 3.87. The highest BCUT2D eigenvalue weighted by molar-refractivity contribution is 14.0. The first kappa shape index (κ1) is 21.7. The van der Waals surface area contributed by atoms with Gasteiger partial charge in [0.25, 0.3) is 0 Å². The lowest BCUT2D eigenvalue weighted by Gasteiger charge is -2.17. The first-order valence-corrected chi connectivity index (χ1v) is 9.62. The third-order valence-corrected chi connectivity index (χ3v) is 4.59. The number of aromatic nitrogens is 1. The maximum absolute atomic E-state index is 12.2. The van der Waals surface area contributed by atoms with Gasteiger partial charge in [0.05, 0.1) is 19.7 Å². The smallest absolute Gasteiger partial charge is 0.241 e. The molecule has 0 aromatic carbocycles. The van der Waals surface area contributed by atoms with Crippen LogP contribution in [0.2, 0.25) is 0 Å². The van der Waals surface area contributed by atoms with Crippen LogP contribution in [0.4, 0.5) is 0 Å². The number of nitrogens with one attached hydrogen (secondary N) is 2. The van der Waals surface area contributed by atoms with Gasteiger partial charge in [0.2, 0.25) is 11.8 Å². The van der Waals surface area contributed by atoms with Crippen molar-refractivity contribution >= 4 is 35.8 Å². The van der Waals surface area contributed by atoms with E-state index in [1.54, 1.807) is 6.20 Å². The summed E-state index contributed by atoms with van der Waals surface area (Å²) in [5.74, 6) is 2.15. The number of amides is 1. The summed E-state index contributed by atoms with van der Waals surface area (Å²) >= 11 is 0. The monoisotopic (exact) mass is 487 g/mol. The van der Waals surface area contributed by atoms with E-state index >= 15 is 0 Å². The molecule has 27 heavy (non-hydrogen) atoms. The maximum atomic E-state index is 12.2. The molecule has 8 heteroatoms. The zero-order valence-electron chi connectivity index (χ0n) is 15.9. The molecule has 0 radical (unpaired) electrons. The SMILES string of the molecule is CCNC(=NCc1ccnc(OCC2CC2)c1)NCC(=O)N1CCCC1.I. The minimum Gasteiger partial charge on any atom is -0.477 e. The molecule has 0 unspecified atom stereocenters. The van der Waals surface area contributed by atoms with Crippen molar-refractivity contribution in [2.45, 2.75) is 39.2 Å². The molecule has 150 valence electrons. The number of likely N-dealkylation sites (tertiary alicyclic amines) is 1. The number of carbonyl (C=O) groups excluding carboxylic acids is 1. The number of nitrogens with zero attached hydrogens (tertiary/aromatic N) is 3. The fraction of sp³-hybridized carbons (Fsp3) is 0.632. The van der Waals surface area contributed by atoms with Crippen LogP contribution in [0.3, 0.4) is 0 Å². The first-order chi connectivity index (χ1) is 12.7.